The summed E-state index contributed by atoms with van der Waals surface area (Å²) in [5, 5.41) is 0. The fourth-order valence-corrected chi connectivity index (χ4v) is 2.78. The molecule has 0 atom stereocenters. The quantitative estimate of drug-likeness (QED) is 0.743. The second kappa shape index (κ2) is 8.48. The number of nitrogens with zero attached hydrogens (tertiary/aromatic N) is 1. The summed E-state index contributed by atoms with van der Waals surface area (Å²) in [4.78, 5) is 13.9. The van der Waals surface area contributed by atoms with Gasteiger partial charge in [0.2, 0.25) is 0 Å². The number of benzene rings is 1. The Morgan fingerprint density at radius 1 is 1.21 bits per heavy atom. The van der Waals surface area contributed by atoms with Crippen LogP contribution in [-0.4, -0.2) is 50.8 Å². The van der Waals surface area contributed by atoms with Crippen LogP contribution in [0.5, 0.6) is 0 Å². The molecule has 1 aliphatic heterocycles. The maximum atomic E-state index is 13.0. The van der Waals surface area contributed by atoms with Gasteiger partial charge in [-0.05, 0) is 30.9 Å². The lowest BCUT2D eigenvalue weighted by Gasteiger charge is -2.32. The highest BCUT2D eigenvalue weighted by molar-refractivity contribution is 5.96. The molecule has 0 radical (unpaired) electrons. The van der Waals surface area contributed by atoms with E-state index in [9.17, 15) is 18.0 Å². The molecule has 4 nitrogen and oxygen atoms in total. The Kier molecular flexibility index (Phi) is 6.62. The van der Waals surface area contributed by atoms with Crippen molar-refractivity contribution in [3.63, 3.8) is 0 Å². The van der Waals surface area contributed by atoms with Gasteiger partial charge in [-0.3, -0.25) is 4.79 Å². The minimum Gasteiger partial charge on any atom is -0.382 e. The van der Waals surface area contributed by atoms with Crippen molar-refractivity contribution in [3.8, 4) is 0 Å². The topological polar surface area (TPSA) is 38.8 Å². The first kappa shape index (κ1) is 18.7. The normalized spacial score (nSPS) is 16.4. The minimum atomic E-state index is -4.53. The molecule has 1 heterocycles. The molecule has 1 aliphatic rings. The summed E-state index contributed by atoms with van der Waals surface area (Å²) in [6, 6.07) is 4.94. The van der Waals surface area contributed by atoms with Gasteiger partial charge < -0.3 is 14.4 Å². The maximum Gasteiger partial charge on any atom is 0.417 e. The first-order chi connectivity index (χ1) is 11.4. The van der Waals surface area contributed by atoms with Crippen molar-refractivity contribution in [2.75, 3.05) is 40.0 Å². The number of hydrogen-bond donors (Lipinski definition) is 0. The lowest BCUT2D eigenvalue weighted by atomic mass is 9.96. The molecule has 1 saturated heterocycles. The third-order valence-corrected chi connectivity index (χ3v) is 4.15. The molecule has 1 aromatic carbocycles. The molecule has 0 aromatic heterocycles. The van der Waals surface area contributed by atoms with Crippen molar-refractivity contribution in [1.29, 1.82) is 0 Å². The van der Waals surface area contributed by atoms with E-state index >= 15 is 0 Å². The zero-order valence-electron chi connectivity index (χ0n) is 13.6. The molecule has 0 aliphatic carbocycles. The van der Waals surface area contributed by atoms with Crippen LogP contribution in [0.2, 0.25) is 0 Å². The van der Waals surface area contributed by atoms with E-state index in [4.69, 9.17) is 9.47 Å². The van der Waals surface area contributed by atoms with E-state index < -0.39 is 17.6 Å². The molecule has 1 aromatic rings. The number of halogens is 3. The van der Waals surface area contributed by atoms with Crippen molar-refractivity contribution >= 4 is 5.91 Å². The van der Waals surface area contributed by atoms with Gasteiger partial charge in [0.1, 0.15) is 0 Å². The number of amides is 1. The molecular weight excluding hydrogens is 323 g/mol. The lowest BCUT2D eigenvalue weighted by Crippen LogP contribution is -2.40. The van der Waals surface area contributed by atoms with Crippen molar-refractivity contribution in [1.82, 2.24) is 4.90 Å². The summed E-state index contributed by atoms with van der Waals surface area (Å²) in [7, 11) is 1.60. The number of carbonyl (C=O) groups is 1. The van der Waals surface area contributed by atoms with E-state index in [1.54, 1.807) is 7.11 Å². The number of likely N-dealkylation sites (tertiary alicyclic amines) is 1. The molecule has 0 saturated carbocycles. The first-order valence-electron chi connectivity index (χ1n) is 7.95. The third kappa shape index (κ3) is 4.95. The molecule has 1 fully saturated rings. The van der Waals surface area contributed by atoms with Gasteiger partial charge in [0, 0.05) is 26.8 Å². The molecule has 0 bridgehead atoms. The maximum absolute atomic E-state index is 13.0. The summed E-state index contributed by atoms with van der Waals surface area (Å²) >= 11 is 0. The number of hydrogen-bond acceptors (Lipinski definition) is 3. The third-order valence-electron chi connectivity index (χ3n) is 4.15. The fourth-order valence-electron chi connectivity index (χ4n) is 2.78. The average Bonchev–Trinajstić information content (AvgIpc) is 2.58. The zero-order chi connectivity index (χ0) is 17.6. The predicted octanol–water partition coefficient (Wildman–Crippen LogP) is 3.22. The Bertz CT molecular complexity index is 540. The van der Waals surface area contributed by atoms with E-state index in [1.807, 2.05) is 0 Å². The SMILES string of the molecule is COCCOCC1CCN(C(=O)c2ccccc2C(F)(F)F)CC1. The van der Waals surface area contributed by atoms with Crippen molar-refractivity contribution in [3.05, 3.63) is 35.4 Å². The predicted molar refractivity (Wildman–Crippen MR) is 82.8 cm³/mol. The Morgan fingerprint density at radius 3 is 2.50 bits per heavy atom. The van der Waals surface area contributed by atoms with Crippen LogP contribution in [0.3, 0.4) is 0 Å². The summed E-state index contributed by atoms with van der Waals surface area (Å²) < 4.78 is 49.5. The summed E-state index contributed by atoms with van der Waals surface area (Å²) in [6.07, 6.45) is -3.07. The molecule has 7 heteroatoms. The van der Waals surface area contributed by atoms with Gasteiger partial charge in [-0.2, -0.15) is 13.2 Å². The number of methoxy groups -OCH3 is 1. The largest absolute Gasteiger partial charge is 0.417 e. The van der Waals surface area contributed by atoms with Gasteiger partial charge in [0.25, 0.3) is 5.91 Å². The van der Waals surface area contributed by atoms with Gasteiger partial charge in [-0.25, -0.2) is 0 Å². The van der Waals surface area contributed by atoms with Crippen LogP contribution < -0.4 is 0 Å². The zero-order valence-corrected chi connectivity index (χ0v) is 13.6. The Hall–Kier alpha value is -1.60. The van der Waals surface area contributed by atoms with Gasteiger partial charge in [-0.15, -0.1) is 0 Å². The van der Waals surface area contributed by atoms with Crippen molar-refractivity contribution in [2.24, 2.45) is 5.92 Å². The molecule has 24 heavy (non-hydrogen) atoms. The van der Waals surface area contributed by atoms with Gasteiger partial charge >= 0.3 is 6.18 Å². The number of rotatable bonds is 6. The monoisotopic (exact) mass is 345 g/mol. The van der Waals surface area contributed by atoms with E-state index in [2.05, 4.69) is 0 Å². The molecule has 0 unspecified atom stereocenters. The van der Waals surface area contributed by atoms with E-state index in [1.165, 1.54) is 23.1 Å². The van der Waals surface area contributed by atoms with Gasteiger partial charge in [-0.1, -0.05) is 12.1 Å². The Morgan fingerprint density at radius 2 is 1.88 bits per heavy atom. The van der Waals surface area contributed by atoms with Gasteiger partial charge in [0.05, 0.1) is 24.3 Å². The highest BCUT2D eigenvalue weighted by atomic mass is 19.4. The lowest BCUT2D eigenvalue weighted by molar-refractivity contribution is -0.138. The average molecular weight is 345 g/mol. The Balaban J connectivity index is 1.92. The molecular formula is C17H22F3NO3. The second-order valence-electron chi connectivity index (χ2n) is 5.85. The molecule has 1 amide bonds. The van der Waals surface area contributed by atoms with Crippen molar-refractivity contribution in [2.45, 2.75) is 19.0 Å². The summed E-state index contributed by atoms with van der Waals surface area (Å²) in [5.74, 6) is -0.231. The van der Waals surface area contributed by atoms with Crippen molar-refractivity contribution < 1.29 is 27.4 Å². The van der Waals surface area contributed by atoms with Crippen LogP contribution in [0.25, 0.3) is 0 Å². The standard InChI is InChI=1S/C17H22F3NO3/c1-23-10-11-24-12-13-6-8-21(9-7-13)16(22)14-4-2-3-5-15(14)17(18,19)20/h2-5,13H,6-12H2,1H3. The highest BCUT2D eigenvalue weighted by Crippen LogP contribution is 2.33. The molecule has 0 spiro atoms. The van der Waals surface area contributed by atoms with Crippen LogP contribution in [0, 0.1) is 5.92 Å². The van der Waals surface area contributed by atoms with E-state index in [-0.39, 0.29) is 5.56 Å². The molecule has 0 N–H and O–H groups in total. The highest BCUT2D eigenvalue weighted by Gasteiger charge is 2.36. The molecule has 134 valence electrons. The van der Waals surface area contributed by atoms with Crippen LogP contribution in [-0.2, 0) is 15.7 Å². The first-order valence-corrected chi connectivity index (χ1v) is 7.95. The number of carbonyl (C=O) groups excluding carboxylic acids is 1. The Labute approximate surface area is 139 Å². The summed E-state index contributed by atoms with van der Waals surface area (Å²) in [6.45, 7) is 2.54. The summed E-state index contributed by atoms with van der Waals surface area (Å²) in [5.41, 5.74) is -1.15. The van der Waals surface area contributed by atoms with E-state index in [0.29, 0.717) is 38.8 Å². The van der Waals surface area contributed by atoms with Crippen LogP contribution >= 0.6 is 0 Å². The van der Waals surface area contributed by atoms with Gasteiger partial charge in [0.15, 0.2) is 0 Å². The van der Waals surface area contributed by atoms with Crippen LogP contribution in [0.4, 0.5) is 13.2 Å². The fraction of sp³-hybridized carbons (Fsp3) is 0.588. The van der Waals surface area contributed by atoms with E-state index in [0.717, 1.165) is 18.9 Å². The van der Waals surface area contributed by atoms with Crippen LogP contribution in [0.15, 0.2) is 24.3 Å². The minimum absolute atomic E-state index is 0.278. The smallest absolute Gasteiger partial charge is 0.382 e. The second-order valence-corrected chi connectivity index (χ2v) is 5.85. The number of ether oxygens (including phenoxy) is 2. The van der Waals surface area contributed by atoms with Crippen LogP contribution in [0.1, 0.15) is 28.8 Å². The molecule has 2 rings (SSSR count). The number of piperidine rings is 1. The number of alkyl halides is 3.